The summed E-state index contributed by atoms with van der Waals surface area (Å²) in [5.74, 6) is -0.353. The molecule has 0 atom stereocenters. The van der Waals surface area contributed by atoms with E-state index in [1.54, 1.807) is 60.9 Å². The van der Waals surface area contributed by atoms with Crippen LogP contribution in [0.4, 0.5) is 18.9 Å². The Morgan fingerprint density at radius 1 is 1.00 bits per heavy atom. The summed E-state index contributed by atoms with van der Waals surface area (Å²) >= 11 is 6.19. The Bertz CT molecular complexity index is 1230. The Balaban J connectivity index is 0.00000289. The van der Waals surface area contributed by atoms with Crippen molar-refractivity contribution >= 4 is 23.2 Å². The van der Waals surface area contributed by atoms with E-state index in [0.29, 0.717) is 22.5 Å². The maximum atomic E-state index is 13.3. The van der Waals surface area contributed by atoms with Gasteiger partial charge in [0.1, 0.15) is 0 Å². The summed E-state index contributed by atoms with van der Waals surface area (Å²) in [6.07, 6.45) is -1.52. The molecule has 0 aliphatic carbocycles. The summed E-state index contributed by atoms with van der Waals surface area (Å²) < 4.78 is 41.1. The number of rotatable bonds is 4. The highest BCUT2D eigenvalue weighted by Crippen LogP contribution is 2.34. The number of carbonyl (C=O) groups excluding carboxylic acids is 1. The first kappa shape index (κ1) is 20.6. The molecule has 2 heterocycles. The van der Waals surface area contributed by atoms with Crippen molar-refractivity contribution in [2.75, 3.05) is 5.32 Å². The number of nitrogens with zero attached hydrogens (tertiary/aromatic N) is 3. The lowest BCUT2D eigenvalue weighted by Gasteiger charge is -2.10. The average molecular weight is 445 g/mol. The van der Waals surface area contributed by atoms with E-state index in [1.807, 2.05) is 0 Å². The lowest BCUT2D eigenvalue weighted by molar-refractivity contribution is -0.141. The highest BCUT2D eigenvalue weighted by Gasteiger charge is 2.35. The van der Waals surface area contributed by atoms with Gasteiger partial charge in [-0.1, -0.05) is 35.9 Å². The lowest BCUT2D eigenvalue weighted by Crippen LogP contribution is -2.11. The van der Waals surface area contributed by atoms with Gasteiger partial charge < -0.3 is 5.32 Å². The third-order valence-corrected chi connectivity index (χ3v) is 4.78. The molecule has 5 nitrogen and oxygen atoms in total. The number of alkyl halides is 3. The van der Waals surface area contributed by atoms with Gasteiger partial charge in [0.2, 0.25) is 0 Å². The molecular weight excluding hydrogens is 429 g/mol. The first-order valence-corrected chi connectivity index (χ1v) is 9.45. The molecule has 0 saturated heterocycles. The number of amides is 1. The van der Waals surface area contributed by atoms with Crippen molar-refractivity contribution in [2.24, 2.45) is 0 Å². The zero-order valence-electron chi connectivity index (χ0n) is 15.8. The highest BCUT2D eigenvalue weighted by molar-refractivity contribution is 6.32. The fraction of sp³-hybridized carbons (Fsp3) is 0.0455. The first-order chi connectivity index (χ1) is 14.8. The van der Waals surface area contributed by atoms with Crippen LogP contribution in [0.2, 0.25) is 5.02 Å². The number of nitrogens with one attached hydrogen (secondary N) is 1. The van der Waals surface area contributed by atoms with E-state index < -0.39 is 11.9 Å². The van der Waals surface area contributed by atoms with Crippen molar-refractivity contribution < 1.29 is 19.4 Å². The van der Waals surface area contributed by atoms with E-state index >= 15 is 0 Å². The summed E-state index contributed by atoms with van der Waals surface area (Å²) in [7, 11) is 0. The average Bonchev–Trinajstić information content (AvgIpc) is 3.21. The van der Waals surface area contributed by atoms with Gasteiger partial charge >= 0.3 is 6.18 Å². The van der Waals surface area contributed by atoms with Crippen molar-refractivity contribution in [2.45, 2.75) is 6.18 Å². The molecule has 2 aromatic heterocycles. The quantitative estimate of drug-likeness (QED) is 0.413. The standard InChI is InChI=1S/C22H14ClF3N4O.H2/c23-17-3-1-2-4-18(17)30-19(13-20(29-30)22(24,25)26)14-5-7-15(8-6-14)21(31)28-16-9-11-27-12-10-16;/h1-13H,(H,27,28,31);1H. The van der Waals surface area contributed by atoms with Gasteiger partial charge in [-0.3, -0.25) is 9.78 Å². The van der Waals surface area contributed by atoms with E-state index in [0.717, 1.165) is 10.7 Å². The van der Waals surface area contributed by atoms with Crippen LogP contribution in [-0.2, 0) is 6.18 Å². The molecule has 0 radical (unpaired) electrons. The Morgan fingerprint density at radius 3 is 2.32 bits per heavy atom. The number of aromatic nitrogens is 3. The van der Waals surface area contributed by atoms with Gasteiger partial charge in [0, 0.05) is 30.6 Å². The van der Waals surface area contributed by atoms with Crippen LogP contribution in [0.1, 0.15) is 17.5 Å². The number of para-hydroxylation sites is 1. The van der Waals surface area contributed by atoms with Crippen LogP contribution >= 0.6 is 11.6 Å². The minimum atomic E-state index is -4.62. The molecule has 0 fully saturated rings. The molecular formula is C22H16ClF3N4O. The fourth-order valence-electron chi connectivity index (χ4n) is 2.96. The SMILES string of the molecule is O=C(Nc1ccncc1)c1ccc(-c2cc(C(F)(F)F)nn2-c2ccccc2Cl)cc1.[HH]. The van der Waals surface area contributed by atoms with E-state index in [9.17, 15) is 18.0 Å². The Hall–Kier alpha value is -3.65. The van der Waals surface area contributed by atoms with Crippen LogP contribution in [0.25, 0.3) is 16.9 Å². The lowest BCUT2D eigenvalue weighted by atomic mass is 10.1. The summed E-state index contributed by atoms with van der Waals surface area (Å²) in [5, 5.41) is 6.71. The Kier molecular flexibility index (Phi) is 5.48. The molecule has 0 saturated carbocycles. The monoisotopic (exact) mass is 444 g/mol. The third-order valence-electron chi connectivity index (χ3n) is 4.46. The minimum Gasteiger partial charge on any atom is -0.322 e. The summed E-state index contributed by atoms with van der Waals surface area (Å²) in [6.45, 7) is 0. The van der Waals surface area contributed by atoms with E-state index in [4.69, 9.17) is 11.6 Å². The predicted molar refractivity (Wildman–Crippen MR) is 113 cm³/mol. The molecule has 0 spiro atoms. The van der Waals surface area contributed by atoms with E-state index in [2.05, 4.69) is 15.4 Å². The summed E-state index contributed by atoms with van der Waals surface area (Å²) in [6, 6.07) is 16.9. The number of hydrogen-bond acceptors (Lipinski definition) is 3. The Labute approximate surface area is 181 Å². The number of benzene rings is 2. The normalized spacial score (nSPS) is 11.4. The second-order valence-electron chi connectivity index (χ2n) is 6.54. The molecule has 1 amide bonds. The van der Waals surface area contributed by atoms with Crippen LogP contribution in [-0.4, -0.2) is 20.7 Å². The van der Waals surface area contributed by atoms with Crippen molar-refractivity contribution in [3.63, 3.8) is 0 Å². The molecule has 0 aliphatic heterocycles. The Morgan fingerprint density at radius 2 is 1.68 bits per heavy atom. The molecule has 2 aromatic carbocycles. The minimum absolute atomic E-state index is 0. The van der Waals surface area contributed by atoms with Gasteiger partial charge in [0.15, 0.2) is 5.69 Å². The van der Waals surface area contributed by atoms with Gasteiger partial charge in [0.25, 0.3) is 5.91 Å². The second kappa shape index (κ2) is 8.23. The summed E-state index contributed by atoms with van der Waals surface area (Å²) in [4.78, 5) is 16.3. The number of anilines is 1. The predicted octanol–water partition coefficient (Wildman–Crippen LogP) is 6.10. The zero-order valence-corrected chi connectivity index (χ0v) is 16.5. The second-order valence-corrected chi connectivity index (χ2v) is 6.95. The van der Waals surface area contributed by atoms with Crippen molar-refractivity contribution in [3.05, 3.63) is 95.4 Å². The molecule has 0 unspecified atom stereocenters. The van der Waals surface area contributed by atoms with Crippen LogP contribution in [0.15, 0.2) is 79.1 Å². The largest absolute Gasteiger partial charge is 0.435 e. The van der Waals surface area contributed by atoms with Gasteiger partial charge in [-0.25, -0.2) is 4.68 Å². The van der Waals surface area contributed by atoms with Gasteiger partial charge in [-0.15, -0.1) is 0 Å². The van der Waals surface area contributed by atoms with Gasteiger partial charge in [-0.2, -0.15) is 18.3 Å². The van der Waals surface area contributed by atoms with Crippen molar-refractivity contribution in [1.82, 2.24) is 14.8 Å². The molecule has 158 valence electrons. The fourth-order valence-corrected chi connectivity index (χ4v) is 3.18. The first-order valence-electron chi connectivity index (χ1n) is 9.07. The van der Waals surface area contributed by atoms with E-state index in [1.165, 1.54) is 12.1 Å². The van der Waals surface area contributed by atoms with Crippen LogP contribution < -0.4 is 5.32 Å². The molecule has 31 heavy (non-hydrogen) atoms. The smallest absolute Gasteiger partial charge is 0.322 e. The van der Waals surface area contributed by atoms with Gasteiger partial charge in [0.05, 0.1) is 16.4 Å². The molecule has 4 rings (SSSR count). The number of pyridine rings is 1. The maximum Gasteiger partial charge on any atom is 0.435 e. The number of hydrogen-bond donors (Lipinski definition) is 1. The topological polar surface area (TPSA) is 59.8 Å². The van der Waals surface area contributed by atoms with E-state index in [-0.39, 0.29) is 18.1 Å². The number of halogens is 4. The highest BCUT2D eigenvalue weighted by atomic mass is 35.5. The van der Waals surface area contributed by atoms with Crippen molar-refractivity contribution in [1.29, 1.82) is 0 Å². The number of carbonyl (C=O) groups is 1. The molecule has 9 heteroatoms. The molecule has 0 bridgehead atoms. The molecule has 4 aromatic rings. The van der Waals surface area contributed by atoms with Crippen LogP contribution in [0.3, 0.4) is 0 Å². The zero-order chi connectivity index (χ0) is 22.0. The summed E-state index contributed by atoms with van der Waals surface area (Å²) in [5.41, 5.74) is 0.845. The van der Waals surface area contributed by atoms with Crippen LogP contribution in [0.5, 0.6) is 0 Å². The maximum absolute atomic E-state index is 13.3. The molecule has 0 aliphatic rings. The van der Waals surface area contributed by atoms with Gasteiger partial charge in [-0.05, 0) is 42.5 Å². The van der Waals surface area contributed by atoms with Crippen molar-refractivity contribution in [3.8, 4) is 16.9 Å². The van der Waals surface area contributed by atoms with Crippen LogP contribution in [0, 0.1) is 0 Å². The molecule has 1 N–H and O–H groups in total. The third kappa shape index (κ3) is 4.44.